The van der Waals surface area contributed by atoms with Gasteiger partial charge in [-0.05, 0) is 47.0 Å². The van der Waals surface area contributed by atoms with Crippen LogP contribution in [0, 0.1) is 24.0 Å². The highest BCUT2D eigenvalue weighted by Crippen LogP contribution is 2.35. The highest BCUT2D eigenvalue weighted by Gasteiger charge is 2.12. The van der Waals surface area contributed by atoms with Crippen molar-refractivity contribution in [2.75, 3.05) is 6.61 Å². The predicted molar refractivity (Wildman–Crippen MR) is 103 cm³/mol. The van der Waals surface area contributed by atoms with Crippen molar-refractivity contribution < 1.29 is 14.5 Å². The van der Waals surface area contributed by atoms with Gasteiger partial charge in [0.05, 0.1) is 15.6 Å². The Hall–Kier alpha value is -2.45. The lowest BCUT2D eigenvalue weighted by Gasteiger charge is -2.12. The third-order valence-corrected chi connectivity index (χ3v) is 4.98. The van der Waals surface area contributed by atoms with Crippen LogP contribution in [0.3, 0.4) is 0 Å². The molecule has 0 aliphatic heterocycles. The topological polar surface area (TPSA) is 93.8 Å². The molecule has 2 aromatic carbocycles. The first-order valence-electron chi connectivity index (χ1n) is 7.44. The second-order valence-electron chi connectivity index (χ2n) is 5.38. The summed E-state index contributed by atoms with van der Waals surface area (Å²) in [6.07, 6.45) is 1.32. The average Bonchev–Trinajstić information content (AvgIpc) is 2.62. The van der Waals surface area contributed by atoms with Gasteiger partial charge in [-0.3, -0.25) is 14.9 Å². The molecule has 0 atom stereocenters. The molecule has 26 heavy (non-hydrogen) atoms. The summed E-state index contributed by atoms with van der Waals surface area (Å²) in [5, 5.41) is 15.1. The maximum Gasteiger partial charge on any atom is 0.277 e. The van der Waals surface area contributed by atoms with Crippen LogP contribution in [0.15, 0.2) is 39.9 Å². The Kier molecular flexibility index (Phi) is 6.70. The van der Waals surface area contributed by atoms with Gasteiger partial charge in [-0.2, -0.15) is 5.10 Å². The standard InChI is InChI=1S/C17H15BrClN3O4/c1-10-6-14(16(18)11(2)17(10)19)26-9-15(23)21-20-8-12-4-3-5-13(7-12)22(24)25/h3-8H,9H2,1-2H3,(H,21,23)/b20-8+. The molecule has 7 nitrogen and oxygen atoms in total. The number of nitrogens with one attached hydrogen (secondary N) is 1. The van der Waals surface area contributed by atoms with Crippen LogP contribution in [0.1, 0.15) is 16.7 Å². The molecule has 136 valence electrons. The van der Waals surface area contributed by atoms with E-state index in [4.69, 9.17) is 16.3 Å². The average molecular weight is 441 g/mol. The maximum absolute atomic E-state index is 11.8. The number of rotatable bonds is 6. The van der Waals surface area contributed by atoms with Gasteiger partial charge in [-0.1, -0.05) is 23.7 Å². The van der Waals surface area contributed by atoms with Gasteiger partial charge in [-0.25, -0.2) is 5.43 Å². The minimum Gasteiger partial charge on any atom is -0.483 e. The number of amides is 1. The van der Waals surface area contributed by atoms with Crippen LogP contribution in [0.5, 0.6) is 5.75 Å². The number of carbonyl (C=O) groups excluding carboxylic acids is 1. The first-order valence-corrected chi connectivity index (χ1v) is 8.61. The van der Waals surface area contributed by atoms with Gasteiger partial charge in [0.25, 0.3) is 11.6 Å². The van der Waals surface area contributed by atoms with Crippen LogP contribution in [-0.4, -0.2) is 23.7 Å². The molecular formula is C17H15BrClN3O4. The number of ether oxygens (including phenoxy) is 1. The smallest absolute Gasteiger partial charge is 0.277 e. The second kappa shape index (κ2) is 8.77. The largest absolute Gasteiger partial charge is 0.483 e. The fourth-order valence-corrected chi connectivity index (χ4v) is 2.77. The van der Waals surface area contributed by atoms with Crippen molar-refractivity contribution >= 4 is 45.3 Å². The summed E-state index contributed by atoms with van der Waals surface area (Å²) >= 11 is 9.54. The van der Waals surface area contributed by atoms with E-state index in [1.165, 1.54) is 24.4 Å². The van der Waals surface area contributed by atoms with Crippen LogP contribution in [0.2, 0.25) is 5.02 Å². The van der Waals surface area contributed by atoms with E-state index in [0.717, 1.165) is 11.1 Å². The Morgan fingerprint density at radius 3 is 2.85 bits per heavy atom. The zero-order valence-corrected chi connectivity index (χ0v) is 16.3. The number of non-ortho nitro benzene ring substituents is 1. The third-order valence-electron chi connectivity index (χ3n) is 3.41. The van der Waals surface area contributed by atoms with Gasteiger partial charge < -0.3 is 4.74 Å². The molecule has 0 spiro atoms. The third kappa shape index (κ3) is 5.03. The summed E-state index contributed by atoms with van der Waals surface area (Å²) in [5.41, 5.74) is 4.41. The van der Waals surface area contributed by atoms with Crippen LogP contribution >= 0.6 is 27.5 Å². The molecule has 0 heterocycles. The number of benzene rings is 2. The molecule has 1 N–H and O–H groups in total. The SMILES string of the molecule is Cc1cc(OCC(=O)N/N=C/c2cccc([N+](=O)[O-])c2)c(Br)c(C)c1Cl. The highest BCUT2D eigenvalue weighted by atomic mass is 79.9. The van der Waals surface area contributed by atoms with E-state index in [2.05, 4.69) is 26.5 Å². The zero-order valence-electron chi connectivity index (χ0n) is 14.0. The van der Waals surface area contributed by atoms with E-state index >= 15 is 0 Å². The van der Waals surface area contributed by atoms with E-state index in [0.29, 0.717) is 20.8 Å². The Labute approximate surface area is 163 Å². The van der Waals surface area contributed by atoms with Gasteiger partial charge in [-0.15, -0.1) is 0 Å². The summed E-state index contributed by atoms with van der Waals surface area (Å²) in [7, 11) is 0. The molecular weight excluding hydrogens is 426 g/mol. The van der Waals surface area contributed by atoms with Crippen molar-refractivity contribution in [3.8, 4) is 5.75 Å². The van der Waals surface area contributed by atoms with Gasteiger partial charge in [0.1, 0.15) is 5.75 Å². The molecule has 0 aliphatic rings. The minimum absolute atomic E-state index is 0.0538. The molecule has 0 bridgehead atoms. The molecule has 9 heteroatoms. The molecule has 1 amide bonds. The number of hydrogen-bond donors (Lipinski definition) is 1. The van der Waals surface area contributed by atoms with E-state index < -0.39 is 10.8 Å². The monoisotopic (exact) mass is 439 g/mol. The van der Waals surface area contributed by atoms with Crippen molar-refractivity contribution in [1.29, 1.82) is 0 Å². The summed E-state index contributed by atoms with van der Waals surface area (Å²) in [6, 6.07) is 7.63. The summed E-state index contributed by atoms with van der Waals surface area (Å²) in [6.45, 7) is 3.44. The quantitative estimate of drug-likeness (QED) is 0.415. The van der Waals surface area contributed by atoms with Crippen molar-refractivity contribution in [2.24, 2.45) is 5.10 Å². The molecule has 0 fully saturated rings. The van der Waals surface area contributed by atoms with Crippen LogP contribution in [0.25, 0.3) is 0 Å². The summed E-state index contributed by atoms with van der Waals surface area (Å²) in [4.78, 5) is 22.0. The van der Waals surface area contributed by atoms with Gasteiger partial charge >= 0.3 is 0 Å². The second-order valence-corrected chi connectivity index (χ2v) is 6.55. The number of carbonyl (C=O) groups is 1. The molecule has 2 rings (SSSR count). The zero-order chi connectivity index (χ0) is 19.3. The number of nitrogens with zero attached hydrogens (tertiary/aromatic N) is 2. The Balaban J connectivity index is 1.94. The highest BCUT2D eigenvalue weighted by molar-refractivity contribution is 9.10. The fourth-order valence-electron chi connectivity index (χ4n) is 2.08. The number of hydrazone groups is 1. The molecule has 2 aromatic rings. The Morgan fingerprint density at radius 2 is 2.15 bits per heavy atom. The lowest BCUT2D eigenvalue weighted by Crippen LogP contribution is -2.24. The number of aryl methyl sites for hydroxylation is 1. The van der Waals surface area contributed by atoms with Crippen LogP contribution in [-0.2, 0) is 4.79 Å². The number of halogens is 2. The predicted octanol–water partition coefficient (Wildman–Crippen LogP) is 4.16. The van der Waals surface area contributed by atoms with E-state index in [-0.39, 0.29) is 12.3 Å². The fraction of sp³-hybridized carbons (Fsp3) is 0.176. The molecule has 0 radical (unpaired) electrons. The first kappa shape index (κ1) is 19.9. The molecule has 0 aliphatic carbocycles. The molecule has 0 saturated heterocycles. The first-order chi connectivity index (χ1) is 12.3. The number of nitro groups is 1. The van der Waals surface area contributed by atoms with E-state index in [1.807, 2.05) is 13.8 Å². The van der Waals surface area contributed by atoms with Gasteiger partial charge in [0.15, 0.2) is 6.61 Å². The van der Waals surface area contributed by atoms with E-state index in [9.17, 15) is 14.9 Å². The van der Waals surface area contributed by atoms with Crippen molar-refractivity contribution in [1.82, 2.24) is 5.43 Å². The van der Waals surface area contributed by atoms with Crippen molar-refractivity contribution in [2.45, 2.75) is 13.8 Å². The maximum atomic E-state index is 11.8. The summed E-state index contributed by atoms with van der Waals surface area (Å²) < 4.78 is 6.17. The van der Waals surface area contributed by atoms with Crippen molar-refractivity contribution in [3.63, 3.8) is 0 Å². The lowest BCUT2D eigenvalue weighted by atomic mass is 10.1. The van der Waals surface area contributed by atoms with Crippen LogP contribution in [0.4, 0.5) is 5.69 Å². The Morgan fingerprint density at radius 1 is 1.42 bits per heavy atom. The molecule has 0 unspecified atom stereocenters. The Bertz CT molecular complexity index is 887. The summed E-state index contributed by atoms with van der Waals surface area (Å²) in [5.74, 6) is 0.0334. The van der Waals surface area contributed by atoms with Crippen molar-refractivity contribution in [3.05, 3.63) is 66.6 Å². The van der Waals surface area contributed by atoms with Gasteiger partial charge in [0.2, 0.25) is 0 Å². The van der Waals surface area contributed by atoms with E-state index in [1.54, 1.807) is 12.1 Å². The number of hydrogen-bond acceptors (Lipinski definition) is 5. The lowest BCUT2D eigenvalue weighted by molar-refractivity contribution is -0.384. The minimum atomic E-state index is -0.502. The molecule has 0 saturated carbocycles. The normalized spacial score (nSPS) is 10.8. The van der Waals surface area contributed by atoms with Gasteiger partial charge in [0, 0.05) is 22.7 Å². The van der Waals surface area contributed by atoms with Crippen LogP contribution < -0.4 is 10.2 Å². The molecule has 0 aromatic heterocycles. The number of nitro benzene ring substituents is 1.